The number of rotatable bonds is 7. The molecule has 35 heavy (non-hydrogen) atoms. The molecule has 3 aromatic rings. The number of H-pyrrole nitrogens is 1. The van der Waals surface area contributed by atoms with Gasteiger partial charge in [0.15, 0.2) is 0 Å². The third-order valence-electron chi connectivity index (χ3n) is 8.04. The maximum Gasteiger partial charge on any atom is 0.258 e. The van der Waals surface area contributed by atoms with Gasteiger partial charge < -0.3 is 14.4 Å². The van der Waals surface area contributed by atoms with Crippen LogP contribution >= 0.6 is 0 Å². The summed E-state index contributed by atoms with van der Waals surface area (Å²) in [5.41, 5.74) is 3.16. The molecular formula is C28H34N4O3. The van der Waals surface area contributed by atoms with Crippen LogP contribution in [0.15, 0.2) is 48.7 Å². The fourth-order valence-electron chi connectivity index (χ4n) is 6.32. The number of hydrogen-bond acceptors (Lipinski definition) is 5. The minimum absolute atomic E-state index is 0.134. The number of morpholine rings is 1. The number of nitrogens with zero attached hydrogens (tertiary/aromatic N) is 3. The molecule has 1 amide bonds. The van der Waals surface area contributed by atoms with E-state index in [-0.39, 0.29) is 5.91 Å². The number of aromatic nitrogens is 2. The van der Waals surface area contributed by atoms with E-state index in [1.807, 2.05) is 30.5 Å². The highest BCUT2D eigenvalue weighted by Crippen LogP contribution is 2.41. The number of nitrogens with one attached hydrogen (secondary N) is 1. The smallest absolute Gasteiger partial charge is 0.258 e. The summed E-state index contributed by atoms with van der Waals surface area (Å²) in [5.74, 6) is 1.44. The number of ether oxygens (including phenoxy) is 2. The van der Waals surface area contributed by atoms with Crippen LogP contribution in [0, 0.1) is 5.92 Å². The van der Waals surface area contributed by atoms with Crippen molar-refractivity contribution in [2.24, 2.45) is 5.92 Å². The molecule has 3 saturated heterocycles. The van der Waals surface area contributed by atoms with Crippen LogP contribution in [0.2, 0.25) is 0 Å². The van der Waals surface area contributed by atoms with E-state index in [2.05, 4.69) is 38.2 Å². The summed E-state index contributed by atoms with van der Waals surface area (Å²) < 4.78 is 11.6. The lowest BCUT2D eigenvalue weighted by Gasteiger charge is -2.39. The Kier molecular flexibility index (Phi) is 6.44. The molecule has 0 radical (unpaired) electrons. The van der Waals surface area contributed by atoms with Crippen molar-refractivity contribution in [2.45, 2.75) is 44.2 Å². The first-order valence-corrected chi connectivity index (χ1v) is 13.0. The first kappa shape index (κ1) is 22.6. The van der Waals surface area contributed by atoms with E-state index < -0.39 is 0 Å². The lowest BCUT2D eigenvalue weighted by molar-refractivity contribution is 0.0320. The number of carbonyl (C=O) groups excluding carboxylic acids is 1. The number of piperidine rings is 1. The largest absolute Gasteiger partial charge is 0.491 e. The van der Waals surface area contributed by atoms with Crippen molar-refractivity contribution in [3.63, 3.8) is 0 Å². The molecule has 3 aliphatic rings. The van der Waals surface area contributed by atoms with E-state index in [1.165, 1.54) is 10.9 Å². The van der Waals surface area contributed by atoms with Crippen molar-refractivity contribution in [3.05, 3.63) is 59.8 Å². The first-order chi connectivity index (χ1) is 17.3. The molecule has 2 unspecified atom stereocenters. The van der Waals surface area contributed by atoms with Gasteiger partial charge in [-0.1, -0.05) is 24.3 Å². The summed E-state index contributed by atoms with van der Waals surface area (Å²) in [4.78, 5) is 18.3. The first-order valence-electron chi connectivity index (χ1n) is 13.0. The third-order valence-corrected chi connectivity index (χ3v) is 8.04. The van der Waals surface area contributed by atoms with E-state index in [9.17, 15) is 4.79 Å². The highest BCUT2D eigenvalue weighted by atomic mass is 16.5. The summed E-state index contributed by atoms with van der Waals surface area (Å²) in [5, 5.41) is 8.53. The van der Waals surface area contributed by atoms with Crippen molar-refractivity contribution in [3.8, 4) is 5.75 Å². The highest BCUT2D eigenvalue weighted by Gasteiger charge is 2.43. The zero-order valence-electron chi connectivity index (χ0n) is 20.2. The average Bonchev–Trinajstić information content (AvgIpc) is 3.48. The SMILES string of the molecule is O=C(c1ccccc1OCCN1CCOCC1)N1C2CCC1CC(Cc1cccc3[nH]ncc13)C2. The summed E-state index contributed by atoms with van der Waals surface area (Å²) in [6.45, 7) is 4.88. The van der Waals surface area contributed by atoms with Crippen LogP contribution in [-0.2, 0) is 11.2 Å². The molecule has 2 bridgehead atoms. The highest BCUT2D eigenvalue weighted by molar-refractivity contribution is 5.97. The molecule has 0 saturated carbocycles. The van der Waals surface area contributed by atoms with Crippen LogP contribution in [0.1, 0.15) is 41.6 Å². The Hall–Kier alpha value is -2.90. The van der Waals surface area contributed by atoms with Crippen molar-refractivity contribution >= 4 is 16.8 Å². The fourth-order valence-corrected chi connectivity index (χ4v) is 6.32. The number of para-hydroxylation sites is 1. The van der Waals surface area contributed by atoms with Crippen LogP contribution in [0.4, 0.5) is 0 Å². The van der Waals surface area contributed by atoms with Crippen LogP contribution < -0.4 is 4.74 Å². The van der Waals surface area contributed by atoms with E-state index in [0.717, 1.165) is 70.5 Å². The lowest BCUT2D eigenvalue weighted by atomic mass is 9.85. The van der Waals surface area contributed by atoms with Gasteiger partial charge in [-0.05, 0) is 61.8 Å². The zero-order valence-corrected chi connectivity index (χ0v) is 20.2. The lowest BCUT2D eigenvalue weighted by Crippen LogP contribution is -2.47. The minimum atomic E-state index is 0.134. The molecule has 3 aliphatic heterocycles. The Balaban J connectivity index is 1.11. The van der Waals surface area contributed by atoms with Gasteiger partial charge in [-0.2, -0.15) is 5.10 Å². The topological polar surface area (TPSA) is 70.7 Å². The molecule has 7 nitrogen and oxygen atoms in total. The predicted octanol–water partition coefficient (Wildman–Crippen LogP) is 3.90. The van der Waals surface area contributed by atoms with Crippen LogP contribution in [0.5, 0.6) is 5.75 Å². The number of amides is 1. The van der Waals surface area contributed by atoms with Crippen molar-refractivity contribution in [1.29, 1.82) is 0 Å². The van der Waals surface area contributed by atoms with Gasteiger partial charge in [-0.25, -0.2) is 0 Å². The van der Waals surface area contributed by atoms with Crippen LogP contribution in [-0.4, -0.2) is 77.4 Å². The number of benzene rings is 2. The van der Waals surface area contributed by atoms with Crippen molar-refractivity contribution in [2.75, 3.05) is 39.5 Å². The quantitative estimate of drug-likeness (QED) is 0.562. The normalized spacial score (nSPS) is 24.7. The van der Waals surface area contributed by atoms with Gasteiger partial charge in [0, 0.05) is 37.1 Å². The molecule has 6 rings (SSSR count). The Labute approximate surface area is 206 Å². The molecule has 0 spiro atoms. The molecule has 4 heterocycles. The Morgan fingerprint density at radius 3 is 2.69 bits per heavy atom. The van der Waals surface area contributed by atoms with Gasteiger partial charge in [0.2, 0.25) is 0 Å². The molecule has 2 aromatic carbocycles. The molecular weight excluding hydrogens is 440 g/mol. The third kappa shape index (κ3) is 4.67. The van der Waals surface area contributed by atoms with E-state index >= 15 is 0 Å². The van der Waals surface area contributed by atoms with Gasteiger partial charge in [0.1, 0.15) is 12.4 Å². The summed E-state index contributed by atoms with van der Waals surface area (Å²) in [7, 11) is 0. The fraction of sp³-hybridized carbons (Fsp3) is 0.500. The summed E-state index contributed by atoms with van der Waals surface area (Å²) in [6, 6.07) is 14.8. The number of carbonyl (C=O) groups is 1. The van der Waals surface area contributed by atoms with Gasteiger partial charge in [-0.15, -0.1) is 0 Å². The van der Waals surface area contributed by atoms with Crippen LogP contribution in [0.3, 0.4) is 0 Å². The van der Waals surface area contributed by atoms with E-state index in [1.54, 1.807) is 0 Å². The van der Waals surface area contributed by atoms with Crippen LogP contribution in [0.25, 0.3) is 10.9 Å². The second-order valence-electron chi connectivity index (χ2n) is 10.2. The van der Waals surface area contributed by atoms with Crippen molar-refractivity contribution < 1.29 is 14.3 Å². The van der Waals surface area contributed by atoms with Gasteiger partial charge >= 0.3 is 0 Å². The maximum absolute atomic E-state index is 13.8. The maximum atomic E-state index is 13.8. The second kappa shape index (κ2) is 9.99. The predicted molar refractivity (Wildman–Crippen MR) is 135 cm³/mol. The summed E-state index contributed by atoms with van der Waals surface area (Å²) >= 11 is 0. The number of fused-ring (bicyclic) bond motifs is 3. The van der Waals surface area contributed by atoms with E-state index in [0.29, 0.717) is 35.9 Å². The number of hydrogen-bond donors (Lipinski definition) is 1. The monoisotopic (exact) mass is 474 g/mol. The Bertz CT molecular complexity index is 1160. The Morgan fingerprint density at radius 1 is 1.06 bits per heavy atom. The zero-order chi connectivity index (χ0) is 23.6. The van der Waals surface area contributed by atoms with Gasteiger partial charge in [0.25, 0.3) is 5.91 Å². The Morgan fingerprint density at radius 2 is 1.86 bits per heavy atom. The standard InChI is InChI=1S/C28H34N4O3/c33-28(24-5-1-2-7-27(24)35-15-12-31-10-13-34-14-11-31)32-22-8-9-23(32)18-20(17-22)16-21-4-3-6-26-25(21)19-29-30-26/h1-7,19-20,22-23H,8-18H2,(H,29,30). The molecule has 184 valence electrons. The molecule has 1 aromatic heterocycles. The van der Waals surface area contributed by atoms with Crippen molar-refractivity contribution in [1.82, 2.24) is 20.0 Å². The van der Waals surface area contributed by atoms with Gasteiger partial charge in [0.05, 0.1) is 30.5 Å². The van der Waals surface area contributed by atoms with E-state index in [4.69, 9.17) is 9.47 Å². The average molecular weight is 475 g/mol. The number of aromatic amines is 1. The second-order valence-corrected chi connectivity index (χ2v) is 10.2. The molecule has 3 fully saturated rings. The van der Waals surface area contributed by atoms with Gasteiger partial charge in [-0.3, -0.25) is 14.8 Å². The minimum Gasteiger partial charge on any atom is -0.491 e. The molecule has 7 heteroatoms. The molecule has 2 atom stereocenters. The molecule has 1 N–H and O–H groups in total. The summed E-state index contributed by atoms with van der Waals surface area (Å²) in [6.07, 6.45) is 7.32. The molecule has 0 aliphatic carbocycles.